The van der Waals surface area contributed by atoms with Crippen LogP contribution in [0.1, 0.15) is 16.0 Å². The van der Waals surface area contributed by atoms with Crippen molar-refractivity contribution in [1.82, 2.24) is 4.57 Å². The van der Waals surface area contributed by atoms with E-state index in [2.05, 4.69) is 66.2 Å². The molecule has 0 aliphatic heterocycles. The highest BCUT2D eigenvalue weighted by molar-refractivity contribution is 7.84. The van der Waals surface area contributed by atoms with Gasteiger partial charge in [0.25, 0.3) is 0 Å². The Hall–Kier alpha value is -2.40. The molecule has 1 aliphatic rings. The quantitative estimate of drug-likeness (QED) is 0.281. The Morgan fingerprint density at radius 2 is 1.48 bits per heavy atom. The van der Waals surface area contributed by atoms with E-state index in [-0.39, 0.29) is 0 Å². The van der Waals surface area contributed by atoms with Gasteiger partial charge in [0.15, 0.2) is 0 Å². The van der Waals surface area contributed by atoms with Crippen LogP contribution in [-0.4, -0.2) is 14.3 Å². The second kappa shape index (κ2) is 6.34. The van der Waals surface area contributed by atoms with Gasteiger partial charge in [-0.1, -0.05) is 79.0 Å². The Labute approximate surface area is 172 Å². The first-order valence-corrected chi connectivity index (χ1v) is 10.3. The number of hydrogen-bond acceptors (Lipinski definition) is 3. The zero-order valence-corrected chi connectivity index (χ0v) is 17.0. The highest BCUT2D eigenvalue weighted by Crippen LogP contribution is 2.36. The summed E-state index contributed by atoms with van der Waals surface area (Å²) in [4.78, 5) is 2.90. The van der Waals surface area contributed by atoms with Crippen molar-refractivity contribution in [3.05, 3.63) is 88.3 Å². The summed E-state index contributed by atoms with van der Waals surface area (Å²) in [7, 11) is 2.12. The lowest BCUT2D eigenvalue weighted by atomic mass is 10.1. The van der Waals surface area contributed by atoms with Crippen LogP contribution in [-0.2, 0) is 7.05 Å². The molecule has 2 heterocycles. The number of fused-ring (bicyclic) bond motifs is 2. The predicted octanol–water partition coefficient (Wildman–Crippen LogP) is 6.44. The Morgan fingerprint density at radius 3 is 2.11 bits per heavy atom. The molecule has 0 saturated heterocycles. The molecule has 27 heavy (non-hydrogen) atoms. The van der Waals surface area contributed by atoms with Crippen LogP contribution in [0.25, 0.3) is 27.6 Å². The number of thiocarbonyl (C=S) groups is 2. The molecule has 0 unspecified atom stereocenters. The standard InChI is InChI=1S/C23H15NS3/c1-24-19(14-7-3-2-4-8-14)13-21-20(24)12-15(27-21)11-18-22(25)16-9-5-6-10-17(16)23(18)26/h2-13H,1H3. The first-order valence-electron chi connectivity index (χ1n) is 8.68. The Balaban J connectivity index is 1.57. The third kappa shape index (κ3) is 2.64. The van der Waals surface area contributed by atoms with E-state index in [1.165, 1.54) is 26.4 Å². The molecule has 4 aromatic rings. The monoisotopic (exact) mass is 401 g/mol. The second-order valence-electron chi connectivity index (χ2n) is 6.61. The van der Waals surface area contributed by atoms with Gasteiger partial charge in [-0.25, -0.2) is 0 Å². The zero-order chi connectivity index (χ0) is 18.5. The van der Waals surface area contributed by atoms with Gasteiger partial charge in [-0.15, -0.1) is 11.3 Å². The number of hydrogen-bond donors (Lipinski definition) is 0. The summed E-state index contributed by atoms with van der Waals surface area (Å²) in [5.41, 5.74) is 6.86. The average molecular weight is 402 g/mol. The second-order valence-corrected chi connectivity index (χ2v) is 8.55. The van der Waals surface area contributed by atoms with Crippen molar-refractivity contribution < 1.29 is 0 Å². The largest absolute Gasteiger partial charge is 0.343 e. The maximum atomic E-state index is 5.69. The minimum absolute atomic E-state index is 0.859. The summed E-state index contributed by atoms with van der Waals surface area (Å²) in [5.74, 6) is 0. The fraction of sp³-hybridized carbons (Fsp3) is 0.0435. The lowest BCUT2D eigenvalue weighted by Gasteiger charge is -2.03. The topological polar surface area (TPSA) is 4.93 Å². The molecule has 1 aliphatic carbocycles. The van der Waals surface area contributed by atoms with Crippen molar-refractivity contribution in [2.24, 2.45) is 7.05 Å². The molecule has 130 valence electrons. The number of allylic oxidation sites excluding steroid dienone is 1. The van der Waals surface area contributed by atoms with Gasteiger partial charge in [-0.2, -0.15) is 0 Å². The van der Waals surface area contributed by atoms with Crippen molar-refractivity contribution in [3.8, 4) is 11.3 Å². The van der Waals surface area contributed by atoms with Gasteiger partial charge in [0.2, 0.25) is 0 Å². The normalized spacial score (nSPS) is 13.4. The molecule has 0 bridgehead atoms. The zero-order valence-electron chi connectivity index (χ0n) is 14.6. The minimum Gasteiger partial charge on any atom is -0.343 e. The van der Waals surface area contributed by atoms with Gasteiger partial charge in [0, 0.05) is 34.3 Å². The molecule has 0 saturated carbocycles. The summed E-state index contributed by atoms with van der Waals surface area (Å²) >= 11 is 13.2. The van der Waals surface area contributed by atoms with Crippen molar-refractivity contribution in [2.75, 3.05) is 0 Å². The van der Waals surface area contributed by atoms with Crippen molar-refractivity contribution in [1.29, 1.82) is 0 Å². The van der Waals surface area contributed by atoms with E-state index >= 15 is 0 Å². The molecular weight excluding hydrogens is 386 g/mol. The predicted molar refractivity (Wildman–Crippen MR) is 124 cm³/mol. The molecule has 0 radical (unpaired) electrons. The summed E-state index contributed by atoms with van der Waals surface area (Å²) < 4.78 is 3.53. The first kappa shape index (κ1) is 16.8. The van der Waals surface area contributed by atoms with Crippen LogP contribution in [0.2, 0.25) is 0 Å². The van der Waals surface area contributed by atoms with E-state index in [0.717, 1.165) is 26.4 Å². The van der Waals surface area contributed by atoms with E-state index in [0.29, 0.717) is 0 Å². The summed E-state index contributed by atoms with van der Waals surface area (Å²) in [6.07, 6.45) is 2.15. The molecular formula is C23H15NS3. The molecule has 0 amide bonds. The van der Waals surface area contributed by atoms with Gasteiger partial charge in [-0.3, -0.25) is 0 Å². The van der Waals surface area contributed by atoms with Crippen molar-refractivity contribution in [2.45, 2.75) is 0 Å². The van der Waals surface area contributed by atoms with Gasteiger partial charge < -0.3 is 4.57 Å². The summed E-state index contributed by atoms with van der Waals surface area (Å²) in [6, 6.07) is 23.1. The van der Waals surface area contributed by atoms with Gasteiger partial charge >= 0.3 is 0 Å². The van der Waals surface area contributed by atoms with Crippen LogP contribution in [0.5, 0.6) is 0 Å². The third-order valence-electron chi connectivity index (χ3n) is 5.01. The molecule has 5 rings (SSSR count). The maximum absolute atomic E-state index is 5.69. The van der Waals surface area contributed by atoms with E-state index in [9.17, 15) is 0 Å². The minimum atomic E-state index is 0.859. The van der Waals surface area contributed by atoms with Crippen LogP contribution in [0.15, 0.2) is 72.3 Å². The van der Waals surface area contributed by atoms with E-state index in [1.807, 2.05) is 18.2 Å². The van der Waals surface area contributed by atoms with Gasteiger partial charge in [-0.05, 0) is 23.8 Å². The molecule has 0 fully saturated rings. The van der Waals surface area contributed by atoms with Crippen molar-refractivity contribution in [3.63, 3.8) is 0 Å². The van der Waals surface area contributed by atoms with Gasteiger partial charge in [0.1, 0.15) is 0 Å². The Morgan fingerprint density at radius 1 is 0.852 bits per heavy atom. The third-order valence-corrected chi connectivity index (χ3v) is 6.91. The van der Waals surface area contributed by atoms with Gasteiger partial charge in [0.05, 0.1) is 19.9 Å². The lowest BCUT2D eigenvalue weighted by Crippen LogP contribution is -1.97. The molecule has 0 spiro atoms. The molecule has 0 atom stereocenters. The molecule has 2 aromatic carbocycles. The smallest absolute Gasteiger partial charge is 0.0598 e. The molecule has 0 N–H and O–H groups in total. The Bertz CT molecular complexity index is 1220. The summed E-state index contributed by atoms with van der Waals surface area (Å²) in [6.45, 7) is 0. The van der Waals surface area contributed by atoms with E-state index in [1.54, 1.807) is 11.3 Å². The number of nitrogens with zero attached hydrogens (tertiary/aromatic N) is 1. The number of benzene rings is 2. The number of aryl methyl sites for hydroxylation is 1. The van der Waals surface area contributed by atoms with Crippen LogP contribution in [0.4, 0.5) is 0 Å². The first-order chi connectivity index (χ1) is 13.1. The SMILES string of the molecule is Cn1c(-c2ccccc2)cc2sc(C=C3C(=S)c4ccccc4C3=S)cc21. The van der Waals surface area contributed by atoms with Crippen LogP contribution < -0.4 is 0 Å². The summed E-state index contributed by atoms with van der Waals surface area (Å²) in [5, 5.41) is 0. The van der Waals surface area contributed by atoms with Crippen LogP contribution >= 0.6 is 35.8 Å². The highest BCUT2D eigenvalue weighted by atomic mass is 32.1. The van der Waals surface area contributed by atoms with Crippen LogP contribution in [0.3, 0.4) is 0 Å². The van der Waals surface area contributed by atoms with Crippen molar-refractivity contribution >= 4 is 61.8 Å². The van der Waals surface area contributed by atoms with E-state index in [4.69, 9.17) is 24.4 Å². The molecule has 1 nitrogen and oxygen atoms in total. The molecule has 4 heteroatoms. The number of rotatable bonds is 2. The maximum Gasteiger partial charge on any atom is 0.0598 e. The lowest BCUT2D eigenvalue weighted by molar-refractivity contribution is 0.979. The highest BCUT2D eigenvalue weighted by Gasteiger charge is 2.26. The molecule has 2 aromatic heterocycles. The average Bonchev–Trinajstić information content (AvgIpc) is 3.31. The fourth-order valence-corrected chi connectivity index (χ4v) is 5.45. The number of aromatic nitrogens is 1. The Kier molecular flexibility index (Phi) is 3.93. The van der Waals surface area contributed by atoms with E-state index < -0.39 is 0 Å². The fourth-order valence-electron chi connectivity index (χ4n) is 3.63. The van der Waals surface area contributed by atoms with Crippen LogP contribution in [0, 0.1) is 0 Å². The number of thiophene rings is 1.